The zero-order valence-electron chi connectivity index (χ0n) is 10.9. The fourth-order valence-corrected chi connectivity index (χ4v) is 2.92. The van der Waals surface area contributed by atoms with Gasteiger partial charge in [-0.1, -0.05) is 19.8 Å². The molecule has 3 N–H and O–H groups in total. The summed E-state index contributed by atoms with van der Waals surface area (Å²) in [4.78, 5) is 8.67. The highest BCUT2D eigenvalue weighted by Crippen LogP contribution is 2.28. The second-order valence-electron chi connectivity index (χ2n) is 4.54. The quantitative estimate of drug-likeness (QED) is 0.842. The third-order valence-corrected chi connectivity index (χ3v) is 4.16. The molecule has 18 heavy (non-hydrogen) atoms. The number of rotatable bonds is 6. The van der Waals surface area contributed by atoms with Gasteiger partial charge in [0, 0.05) is 12.6 Å². The number of hydrogen-bond donors (Lipinski definition) is 2. The monoisotopic (exact) mass is 264 g/mol. The predicted molar refractivity (Wildman–Crippen MR) is 78.1 cm³/mol. The van der Waals surface area contributed by atoms with Crippen LogP contribution in [0.3, 0.4) is 0 Å². The van der Waals surface area contributed by atoms with Crippen molar-refractivity contribution in [3.8, 4) is 0 Å². The largest absolute Gasteiger partial charge is 0.365 e. The lowest BCUT2D eigenvalue weighted by Crippen LogP contribution is -2.29. The molecule has 1 atom stereocenters. The van der Waals surface area contributed by atoms with Crippen molar-refractivity contribution in [2.75, 3.05) is 11.9 Å². The minimum atomic E-state index is 0.297. The van der Waals surface area contributed by atoms with Gasteiger partial charge >= 0.3 is 0 Å². The Morgan fingerprint density at radius 2 is 2.28 bits per heavy atom. The van der Waals surface area contributed by atoms with Gasteiger partial charge in [-0.2, -0.15) is 0 Å². The molecule has 0 radical (unpaired) electrons. The summed E-state index contributed by atoms with van der Waals surface area (Å²) in [6.07, 6.45) is 5.09. The Hall–Kier alpha value is -1.20. The van der Waals surface area contributed by atoms with E-state index < -0.39 is 0 Å². The van der Waals surface area contributed by atoms with E-state index in [0.717, 1.165) is 22.5 Å². The second kappa shape index (κ2) is 6.11. The van der Waals surface area contributed by atoms with Gasteiger partial charge in [0.2, 0.25) is 0 Å². The smallest absolute Gasteiger partial charge is 0.147 e. The van der Waals surface area contributed by atoms with Gasteiger partial charge in [-0.25, -0.2) is 9.97 Å². The molecule has 0 aliphatic rings. The maximum atomic E-state index is 5.81. The Labute approximate surface area is 112 Å². The number of aryl methyl sites for hydroxylation is 1. The molecular formula is C13H20N4S. The molecule has 2 aromatic heterocycles. The van der Waals surface area contributed by atoms with Gasteiger partial charge < -0.3 is 11.1 Å². The van der Waals surface area contributed by atoms with Gasteiger partial charge in [0.15, 0.2) is 0 Å². The second-order valence-corrected chi connectivity index (χ2v) is 5.42. The lowest BCUT2D eigenvalue weighted by molar-refractivity contribution is 0.613. The summed E-state index contributed by atoms with van der Waals surface area (Å²) in [5.41, 5.74) is 8.06. The number of fused-ring (bicyclic) bond motifs is 1. The maximum Gasteiger partial charge on any atom is 0.147 e. The number of thiophene rings is 1. The molecule has 0 saturated carbocycles. The first-order valence-electron chi connectivity index (χ1n) is 6.41. The van der Waals surface area contributed by atoms with E-state index in [1.165, 1.54) is 18.4 Å². The highest BCUT2D eigenvalue weighted by atomic mass is 32.1. The highest BCUT2D eigenvalue weighted by molar-refractivity contribution is 7.18. The number of nitrogens with two attached hydrogens (primary N) is 1. The SMILES string of the molecule is CCCCC(CN)Nc1ncnc2c(C)csc12. The molecule has 98 valence electrons. The van der Waals surface area contributed by atoms with E-state index >= 15 is 0 Å². The summed E-state index contributed by atoms with van der Waals surface area (Å²) in [7, 11) is 0. The van der Waals surface area contributed by atoms with E-state index in [1.54, 1.807) is 17.7 Å². The van der Waals surface area contributed by atoms with Gasteiger partial charge in [-0.05, 0) is 24.3 Å². The first-order chi connectivity index (χ1) is 8.76. The van der Waals surface area contributed by atoms with Crippen LogP contribution in [0.1, 0.15) is 31.7 Å². The van der Waals surface area contributed by atoms with E-state index in [4.69, 9.17) is 5.73 Å². The average Bonchev–Trinajstić information content (AvgIpc) is 2.77. The predicted octanol–water partition coefficient (Wildman–Crippen LogP) is 2.93. The standard InChI is InChI=1S/C13H20N4S/c1-3-4-5-10(6-14)17-13-12-11(15-8-16-13)9(2)7-18-12/h7-8,10H,3-6,14H2,1-2H3,(H,15,16,17). The van der Waals surface area contributed by atoms with Crippen molar-refractivity contribution < 1.29 is 0 Å². The minimum absolute atomic E-state index is 0.297. The van der Waals surface area contributed by atoms with Crippen LogP contribution in [0, 0.1) is 6.92 Å². The zero-order chi connectivity index (χ0) is 13.0. The molecule has 0 aromatic carbocycles. The molecule has 0 saturated heterocycles. The lowest BCUT2D eigenvalue weighted by Gasteiger charge is -2.17. The molecule has 1 unspecified atom stereocenters. The molecule has 0 spiro atoms. The number of unbranched alkanes of at least 4 members (excludes halogenated alkanes) is 1. The summed E-state index contributed by atoms with van der Waals surface area (Å²) in [5.74, 6) is 0.921. The Bertz CT molecular complexity index is 509. The van der Waals surface area contributed by atoms with Crippen LogP contribution in [0.4, 0.5) is 5.82 Å². The molecule has 2 heterocycles. The van der Waals surface area contributed by atoms with Gasteiger partial charge in [-0.3, -0.25) is 0 Å². The Balaban J connectivity index is 2.20. The first-order valence-corrected chi connectivity index (χ1v) is 7.29. The molecule has 2 aromatic rings. The normalized spacial score (nSPS) is 12.8. The number of hydrogen-bond acceptors (Lipinski definition) is 5. The van der Waals surface area contributed by atoms with Crippen molar-refractivity contribution in [1.29, 1.82) is 0 Å². The molecule has 5 heteroatoms. The summed E-state index contributed by atoms with van der Waals surface area (Å²) in [6.45, 7) is 4.90. The van der Waals surface area contributed by atoms with Crippen LogP contribution in [-0.2, 0) is 0 Å². The van der Waals surface area contributed by atoms with Crippen LogP contribution in [0.2, 0.25) is 0 Å². The molecule has 0 aliphatic carbocycles. The van der Waals surface area contributed by atoms with Crippen molar-refractivity contribution in [3.63, 3.8) is 0 Å². The van der Waals surface area contributed by atoms with Crippen LogP contribution in [-0.4, -0.2) is 22.6 Å². The molecule has 0 amide bonds. The van der Waals surface area contributed by atoms with Crippen LogP contribution in [0.5, 0.6) is 0 Å². The van der Waals surface area contributed by atoms with E-state index in [9.17, 15) is 0 Å². The van der Waals surface area contributed by atoms with Crippen LogP contribution < -0.4 is 11.1 Å². The lowest BCUT2D eigenvalue weighted by atomic mass is 10.1. The van der Waals surface area contributed by atoms with Crippen LogP contribution >= 0.6 is 11.3 Å². The van der Waals surface area contributed by atoms with Crippen molar-refractivity contribution in [3.05, 3.63) is 17.3 Å². The van der Waals surface area contributed by atoms with Crippen molar-refractivity contribution in [2.45, 2.75) is 39.2 Å². The van der Waals surface area contributed by atoms with Gasteiger partial charge in [0.25, 0.3) is 0 Å². The average molecular weight is 264 g/mol. The van der Waals surface area contributed by atoms with Crippen molar-refractivity contribution in [1.82, 2.24) is 9.97 Å². The van der Waals surface area contributed by atoms with E-state index in [2.05, 4.69) is 34.5 Å². The number of nitrogens with one attached hydrogen (secondary N) is 1. The van der Waals surface area contributed by atoms with Crippen LogP contribution in [0.15, 0.2) is 11.7 Å². The fourth-order valence-electron chi connectivity index (χ4n) is 1.97. The molecule has 0 aliphatic heterocycles. The zero-order valence-corrected chi connectivity index (χ0v) is 11.8. The Morgan fingerprint density at radius 1 is 1.44 bits per heavy atom. The number of anilines is 1. The van der Waals surface area contributed by atoms with Gasteiger partial charge in [0.05, 0.1) is 10.2 Å². The minimum Gasteiger partial charge on any atom is -0.365 e. The number of nitrogens with zero attached hydrogens (tertiary/aromatic N) is 2. The molecule has 0 bridgehead atoms. The molecule has 4 nitrogen and oxygen atoms in total. The third kappa shape index (κ3) is 2.79. The highest BCUT2D eigenvalue weighted by Gasteiger charge is 2.12. The molecule has 0 fully saturated rings. The molecule has 2 rings (SSSR count). The Kier molecular flexibility index (Phi) is 4.49. The van der Waals surface area contributed by atoms with Crippen molar-refractivity contribution >= 4 is 27.4 Å². The van der Waals surface area contributed by atoms with E-state index in [-0.39, 0.29) is 0 Å². The Morgan fingerprint density at radius 3 is 3.00 bits per heavy atom. The summed E-state index contributed by atoms with van der Waals surface area (Å²) < 4.78 is 1.13. The maximum absolute atomic E-state index is 5.81. The summed E-state index contributed by atoms with van der Waals surface area (Å²) >= 11 is 1.69. The third-order valence-electron chi connectivity index (χ3n) is 3.06. The summed E-state index contributed by atoms with van der Waals surface area (Å²) in [6, 6.07) is 0.297. The van der Waals surface area contributed by atoms with Crippen molar-refractivity contribution in [2.24, 2.45) is 5.73 Å². The fraction of sp³-hybridized carbons (Fsp3) is 0.538. The number of aromatic nitrogens is 2. The van der Waals surface area contributed by atoms with E-state index in [0.29, 0.717) is 12.6 Å². The van der Waals surface area contributed by atoms with Gasteiger partial charge in [-0.15, -0.1) is 11.3 Å². The first kappa shape index (κ1) is 13.2. The topological polar surface area (TPSA) is 63.8 Å². The molecular weight excluding hydrogens is 244 g/mol. The van der Waals surface area contributed by atoms with Crippen LogP contribution in [0.25, 0.3) is 10.2 Å². The van der Waals surface area contributed by atoms with Gasteiger partial charge in [0.1, 0.15) is 12.1 Å². The summed E-state index contributed by atoms with van der Waals surface area (Å²) in [5, 5.41) is 5.57. The van der Waals surface area contributed by atoms with E-state index in [1.807, 2.05) is 0 Å².